The van der Waals surface area contributed by atoms with Crippen molar-refractivity contribution in [2.24, 2.45) is 5.92 Å². The van der Waals surface area contributed by atoms with Gasteiger partial charge in [-0.1, -0.05) is 37.8 Å². The van der Waals surface area contributed by atoms with Gasteiger partial charge in [-0.05, 0) is 57.3 Å². The molecule has 0 atom stereocenters. The van der Waals surface area contributed by atoms with Crippen LogP contribution in [0.15, 0.2) is 12.1 Å². The van der Waals surface area contributed by atoms with E-state index in [1.165, 1.54) is 58.2 Å². The average Bonchev–Trinajstić information content (AvgIpc) is 2.66. The van der Waals surface area contributed by atoms with E-state index in [0.29, 0.717) is 34.4 Å². The molecule has 0 radical (unpaired) electrons. The highest BCUT2D eigenvalue weighted by Crippen LogP contribution is 2.31. The number of carbonyl (C=O) groups is 1. The average molecular weight is 381 g/mol. The van der Waals surface area contributed by atoms with Gasteiger partial charge in [0.1, 0.15) is 5.75 Å². The molecule has 0 saturated carbocycles. The highest BCUT2D eigenvalue weighted by atomic mass is 35.5. The maximum absolute atomic E-state index is 12.6. The summed E-state index contributed by atoms with van der Waals surface area (Å²) in [4.78, 5) is 15.2. The van der Waals surface area contributed by atoms with Crippen molar-refractivity contribution in [3.63, 3.8) is 0 Å². The molecule has 1 aromatic carbocycles. The van der Waals surface area contributed by atoms with Gasteiger partial charge in [-0.25, -0.2) is 0 Å². The number of Topliss-reactive ketones (excluding diaryl/α,β-unsaturated/α-hetero) is 1. The summed E-state index contributed by atoms with van der Waals surface area (Å²) in [6.45, 7) is 5.82. The Morgan fingerprint density at radius 2 is 2.00 bits per heavy atom. The molecule has 1 aliphatic rings. The van der Waals surface area contributed by atoms with Crippen LogP contribution < -0.4 is 10.5 Å². The molecule has 2 N–H and O–H groups in total. The number of carbonyl (C=O) groups excluding carboxylic acids is 1. The van der Waals surface area contributed by atoms with Crippen LogP contribution in [0.3, 0.4) is 0 Å². The summed E-state index contributed by atoms with van der Waals surface area (Å²) in [5, 5.41) is 0.408. The lowest BCUT2D eigenvalue weighted by molar-refractivity contribution is 0.0959. The normalized spacial score (nSPS) is 16.0. The number of nitrogen functional groups attached to an aromatic ring is 1. The first-order valence-corrected chi connectivity index (χ1v) is 10.3. The summed E-state index contributed by atoms with van der Waals surface area (Å²) in [6, 6.07) is 3.27. The third kappa shape index (κ3) is 6.17. The summed E-state index contributed by atoms with van der Waals surface area (Å²) >= 11 is 6.07. The van der Waals surface area contributed by atoms with E-state index in [9.17, 15) is 4.79 Å². The van der Waals surface area contributed by atoms with Crippen LogP contribution in [0.2, 0.25) is 5.02 Å². The molecule has 1 fully saturated rings. The molecule has 1 heterocycles. The zero-order valence-electron chi connectivity index (χ0n) is 16.2. The molecule has 4 nitrogen and oxygen atoms in total. The number of unbranched alkanes of at least 4 members (excludes halogenated alkanes) is 3. The molecule has 0 amide bonds. The monoisotopic (exact) mass is 380 g/mol. The Morgan fingerprint density at radius 1 is 1.27 bits per heavy atom. The number of halogens is 1. The number of ketones is 1. The second-order valence-electron chi connectivity index (χ2n) is 7.38. The molecule has 2 rings (SSSR count). The Labute approximate surface area is 163 Å². The van der Waals surface area contributed by atoms with Crippen LogP contribution in [0.1, 0.15) is 68.6 Å². The molecule has 0 bridgehead atoms. The van der Waals surface area contributed by atoms with Crippen molar-refractivity contribution in [2.45, 2.75) is 58.3 Å². The summed E-state index contributed by atoms with van der Waals surface area (Å²) < 4.78 is 5.30. The van der Waals surface area contributed by atoms with Gasteiger partial charge in [-0.2, -0.15) is 0 Å². The van der Waals surface area contributed by atoms with Crippen molar-refractivity contribution < 1.29 is 9.53 Å². The van der Waals surface area contributed by atoms with Gasteiger partial charge in [0.25, 0.3) is 0 Å². The van der Waals surface area contributed by atoms with Crippen molar-refractivity contribution in [1.82, 2.24) is 4.90 Å². The number of hydrogen-bond acceptors (Lipinski definition) is 4. The van der Waals surface area contributed by atoms with Crippen LogP contribution in [0.5, 0.6) is 5.75 Å². The number of hydrogen-bond donors (Lipinski definition) is 1. The maximum atomic E-state index is 12.6. The Bertz CT molecular complexity index is 584. The Hall–Kier alpha value is -1.26. The summed E-state index contributed by atoms with van der Waals surface area (Å²) in [5.41, 5.74) is 6.77. The number of piperidine rings is 1. The van der Waals surface area contributed by atoms with Crippen LogP contribution >= 0.6 is 11.6 Å². The molecule has 0 spiro atoms. The molecule has 0 unspecified atom stereocenters. The summed E-state index contributed by atoms with van der Waals surface area (Å²) in [7, 11) is 1.55. The predicted octanol–water partition coefficient (Wildman–Crippen LogP) is 5.19. The number of benzene rings is 1. The Kier molecular flexibility index (Phi) is 8.73. The van der Waals surface area contributed by atoms with Crippen LogP contribution in [0.25, 0.3) is 0 Å². The molecule has 0 aromatic heterocycles. The minimum atomic E-state index is 0.0887. The molecule has 1 aliphatic heterocycles. The minimum absolute atomic E-state index is 0.0887. The van der Waals surface area contributed by atoms with Crippen LogP contribution in [-0.2, 0) is 0 Å². The predicted molar refractivity (Wildman–Crippen MR) is 109 cm³/mol. The fourth-order valence-electron chi connectivity index (χ4n) is 3.69. The smallest absolute Gasteiger partial charge is 0.166 e. The van der Waals surface area contributed by atoms with E-state index in [0.717, 1.165) is 6.42 Å². The van der Waals surface area contributed by atoms with E-state index in [1.54, 1.807) is 19.2 Å². The van der Waals surface area contributed by atoms with Gasteiger partial charge >= 0.3 is 0 Å². The number of methoxy groups -OCH3 is 1. The number of likely N-dealkylation sites (tertiary alicyclic amines) is 1. The molecular formula is C21H33ClN2O2. The quantitative estimate of drug-likeness (QED) is 0.345. The van der Waals surface area contributed by atoms with E-state index < -0.39 is 0 Å². The van der Waals surface area contributed by atoms with Gasteiger partial charge in [0.2, 0.25) is 0 Å². The van der Waals surface area contributed by atoms with Gasteiger partial charge in [-0.15, -0.1) is 0 Å². The van der Waals surface area contributed by atoms with Gasteiger partial charge in [0, 0.05) is 12.5 Å². The lowest BCUT2D eigenvalue weighted by atomic mass is 9.90. The third-order valence-corrected chi connectivity index (χ3v) is 5.76. The number of ether oxygens (including phenoxy) is 1. The van der Waals surface area contributed by atoms with E-state index >= 15 is 0 Å². The van der Waals surface area contributed by atoms with Gasteiger partial charge < -0.3 is 15.4 Å². The van der Waals surface area contributed by atoms with E-state index in [-0.39, 0.29) is 5.78 Å². The third-order valence-electron chi connectivity index (χ3n) is 5.43. The fourth-order valence-corrected chi connectivity index (χ4v) is 3.85. The first-order valence-electron chi connectivity index (χ1n) is 9.93. The van der Waals surface area contributed by atoms with E-state index in [2.05, 4.69) is 11.8 Å². The molecule has 26 heavy (non-hydrogen) atoms. The van der Waals surface area contributed by atoms with Crippen LogP contribution in [0.4, 0.5) is 5.69 Å². The maximum Gasteiger partial charge on any atom is 0.166 e. The second kappa shape index (κ2) is 10.8. The highest BCUT2D eigenvalue weighted by molar-refractivity contribution is 6.33. The molecule has 0 aliphatic carbocycles. The largest absolute Gasteiger partial charge is 0.496 e. The fraction of sp³-hybridized carbons (Fsp3) is 0.667. The lowest BCUT2D eigenvalue weighted by Crippen LogP contribution is -2.34. The van der Waals surface area contributed by atoms with Crippen LogP contribution in [-0.4, -0.2) is 37.4 Å². The molecule has 5 heteroatoms. The minimum Gasteiger partial charge on any atom is -0.496 e. The number of nitrogens with zero attached hydrogens (tertiary/aromatic N) is 1. The van der Waals surface area contributed by atoms with Crippen molar-refractivity contribution >= 4 is 23.1 Å². The highest BCUT2D eigenvalue weighted by Gasteiger charge is 2.21. The molecule has 1 aromatic rings. The van der Waals surface area contributed by atoms with Crippen LogP contribution in [0, 0.1) is 5.92 Å². The number of anilines is 1. The Morgan fingerprint density at radius 3 is 2.65 bits per heavy atom. The van der Waals surface area contributed by atoms with E-state index in [1.807, 2.05) is 0 Å². The zero-order valence-corrected chi connectivity index (χ0v) is 17.0. The molecule has 146 valence electrons. The Balaban J connectivity index is 1.76. The molecule has 1 saturated heterocycles. The standard InChI is InChI=1S/C21H33ClN2O2/c1-3-4-5-6-11-24-12-9-16(10-13-24)7-8-20(25)17-14-18(22)19(23)15-21(17)26-2/h14-16H,3-13,23H2,1-2H3. The van der Waals surface area contributed by atoms with Crippen molar-refractivity contribution in [2.75, 3.05) is 32.5 Å². The number of nitrogens with two attached hydrogens (primary N) is 1. The van der Waals surface area contributed by atoms with Gasteiger partial charge in [0.15, 0.2) is 5.78 Å². The van der Waals surface area contributed by atoms with Crippen molar-refractivity contribution in [3.8, 4) is 5.75 Å². The first kappa shape index (κ1) is 21.0. The van der Waals surface area contributed by atoms with E-state index in [4.69, 9.17) is 22.1 Å². The van der Waals surface area contributed by atoms with Gasteiger partial charge in [-0.3, -0.25) is 4.79 Å². The first-order chi connectivity index (χ1) is 12.5. The topological polar surface area (TPSA) is 55.6 Å². The molecular weight excluding hydrogens is 348 g/mol. The number of rotatable bonds is 10. The SMILES string of the molecule is CCCCCCN1CCC(CCC(=O)c2cc(Cl)c(N)cc2OC)CC1. The van der Waals surface area contributed by atoms with Crippen molar-refractivity contribution in [3.05, 3.63) is 22.7 Å². The van der Waals surface area contributed by atoms with Crippen molar-refractivity contribution in [1.29, 1.82) is 0 Å². The summed E-state index contributed by atoms with van der Waals surface area (Å²) in [5.74, 6) is 1.24. The second-order valence-corrected chi connectivity index (χ2v) is 7.79. The zero-order chi connectivity index (χ0) is 18.9. The van der Waals surface area contributed by atoms with Gasteiger partial charge in [0.05, 0.1) is 23.4 Å². The summed E-state index contributed by atoms with van der Waals surface area (Å²) in [6.07, 6.45) is 9.16. The lowest BCUT2D eigenvalue weighted by Gasteiger charge is -2.32.